The Morgan fingerprint density at radius 3 is 2.08 bits per heavy atom. The molecule has 5 atom stereocenters. The highest BCUT2D eigenvalue weighted by Crippen LogP contribution is 2.46. The summed E-state index contributed by atoms with van der Waals surface area (Å²) >= 11 is 12.2. The summed E-state index contributed by atoms with van der Waals surface area (Å²) in [6.45, 7) is 1.86. The van der Waals surface area contributed by atoms with Crippen LogP contribution in [-0.2, 0) is 14.3 Å². The van der Waals surface area contributed by atoms with E-state index in [2.05, 4.69) is 4.98 Å². The first-order valence-electron chi connectivity index (χ1n) is 11.6. The van der Waals surface area contributed by atoms with E-state index in [4.69, 9.17) is 27.9 Å². The van der Waals surface area contributed by atoms with E-state index in [1.807, 2.05) is 6.92 Å². The molecule has 0 radical (unpaired) electrons. The van der Waals surface area contributed by atoms with Crippen molar-refractivity contribution in [1.29, 1.82) is 0 Å². The number of halogens is 2. The number of aliphatic carboxylic acids is 1. The molecule has 1 fully saturated rings. The Morgan fingerprint density at radius 1 is 1.00 bits per heavy atom. The average Bonchev–Trinajstić information content (AvgIpc) is 2.88. The fraction of sp³-hybridized carbons (Fsp3) is 0.296. The van der Waals surface area contributed by atoms with Gasteiger partial charge in [-0.2, -0.15) is 0 Å². The molecule has 36 heavy (non-hydrogen) atoms. The minimum absolute atomic E-state index is 0.233. The number of morpholine rings is 1. The molecule has 1 aliphatic heterocycles. The number of rotatable bonds is 8. The molecule has 3 aromatic rings. The smallest absolute Gasteiger partial charge is 0.326 e. The topological polar surface area (TPSA) is 100.0 Å². The third-order valence-corrected chi connectivity index (χ3v) is 6.81. The zero-order valence-electron chi connectivity index (χ0n) is 19.5. The van der Waals surface area contributed by atoms with Crippen LogP contribution in [0.3, 0.4) is 0 Å². The van der Waals surface area contributed by atoms with Crippen molar-refractivity contribution in [3.8, 4) is 0 Å². The van der Waals surface area contributed by atoms with E-state index in [9.17, 15) is 19.8 Å². The van der Waals surface area contributed by atoms with Gasteiger partial charge in [-0.1, -0.05) is 60.8 Å². The van der Waals surface area contributed by atoms with Crippen molar-refractivity contribution in [2.75, 3.05) is 0 Å². The average molecular weight is 529 g/mol. The third kappa shape index (κ3) is 5.39. The quantitative estimate of drug-likeness (QED) is 0.406. The van der Waals surface area contributed by atoms with Crippen LogP contribution in [0.5, 0.6) is 0 Å². The van der Waals surface area contributed by atoms with Crippen LogP contribution in [0.15, 0.2) is 73.1 Å². The fourth-order valence-electron chi connectivity index (χ4n) is 4.58. The van der Waals surface area contributed by atoms with Crippen LogP contribution in [-0.4, -0.2) is 44.1 Å². The van der Waals surface area contributed by atoms with Crippen molar-refractivity contribution < 1.29 is 24.5 Å². The first kappa shape index (κ1) is 26.1. The number of carboxylic acids is 1. The Morgan fingerprint density at radius 2 is 1.56 bits per heavy atom. The number of aliphatic hydroxyl groups is 1. The van der Waals surface area contributed by atoms with Gasteiger partial charge in [0.15, 0.2) is 6.10 Å². The lowest BCUT2D eigenvalue weighted by Gasteiger charge is -2.48. The number of nitrogens with zero attached hydrogens (tertiary/aromatic N) is 2. The van der Waals surface area contributed by atoms with Crippen LogP contribution < -0.4 is 0 Å². The van der Waals surface area contributed by atoms with Crippen LogP contribution in [0.25, 0.3) is 0 Å². The van der Waals surface area contributed by atoms with Crippen molar-refractivity contribution in [2.24, 2.45) is 0 Å². The highest BCUT2D eigenvalue weighted by atomic mass is 35.5. The molecule has 0 aliphatic carbocycles. The lowest BCUT2D eigenvalue weighted by Crippen LogP contribution is -2.58. The van der Waals surface area contributed by atoms with Gasteiger partial charge in [0.05, 0.1) is 6.04 Å². The van der Waals surface area contributed by atoms with Crippen molar-refractivity contribution in [2.45, 2.75) is 50.2 Å². The second-order valence-electron chi connectivity index (χ2n) is 8.64. The second kappa shape index (κ2) is 11.4. The molecule has 2 unspecified atom stereocenters. The summed E-state index contributed by atoms with van der Waals surface area (Å²) in [6, 6.07) is 15.1. The number of carbonyl (C=O) groups is 2. The van der Waals surface area contributed by atoms with Gasteiger partial charge in [0.2, 0.25) is 0 Å². The van der Waals surface area contributed by atoms with Crippen molar-refractivity contribution >= 4 is 35.1 Å². The maximum Gasteiger partial charge on any atom is 0.326 e. The Balaban J connectivity index is 1.89. The normalized spacial score (nSPS) is 21.7. The van der Waals surface area contributed by atoms with Crippen LogP contribution in [0, 0.1) is 0 Å². The summed E-state index contributed by atoms with van der Waals surface area (Å²) in [7, 11) is 0. The van der Waals surface area contributed by atoms with E-state index in [0.29, 0.717) is 33.2 Å². The molecule has 7 nitrogen and oxygen atoms in total. The highest BCUT2D eigenvalue weighted by Gasteiger charge is 2.50. The summed E-state index contributed by atoms with van der Waals surface area (Å²) < 4.78 is 6.35. The zero-order chi connectivity index (χ0) is 25.8. The molecule has 9 heteroatoms. The summed E-state index contributed by atoms with van der Waals surface area (Å²) in [6.07, 6.45) is 0.327. The van der Waals surface area contributed by atoms with Crippen molar-refractivity contribution in [1.82, 2.24) is 9.88 Å². The molecule has 4 rings (SSSR count). The molecule has 0 spiro atoms. The van der Waals surface area contributed by atoms with E-state index in [0.717, 1.165) is 0 Å². The predicted molar refractivity (Wildman–Crippen MR) is 136 cm³/mol. The molecule has 1 saturated heterocycles. The Bertz CT molecular complexity index is 1190. The summed E-state index contributed by atoms with van der Waals surface area (Å²) in [5, 5.41) is 22.4. The number of carbonyl (C=O) groups excluding carboxylic acids is 1. The Kier molecular flexibility index (Phi) is 8.26. The van der Waals surface area contributed by atoms with E-state index in [1.54, 1.807) is 60.7 Å². The highest BCUT2D eigenvalue weighted by molar-refractivity contribution is 6.30. The van der Waals surface area contributed by atoms with Crippen molar-refractivity contribution in [3.63, 3.8) is 0 Å². The fourth-order valence-corrected chi connectivity index (χ4v) is 4.83. The van der Waals surface area contributed by atoms with Gasteiger partial charge in [-0.25, -0.2) is 4.79 Å². The molecule has 1 aliphatic rings. The number of aromatic nitrogens is 1. The molecule has 1 amide bonds. The van der Waals surface area contributed by atoms with Gasteiger partial charge >= 0.3 is 5.97 Å². The number of hydrogen-bond donors (Lipinski definition) is 2. The first-order chi connectivity index (χ1) is 17.3. The summed E-state index contributed by atoms with van der Waals surface area (Å²) in [5.41, 5.74) is 1.78. The molecule has 2 heterocycles. The minimum atomic E-state index is -1.34. The third-order valence-electron chi connectivity index (χ3n) is 6.30. The molecule has 2 aromatic carbocycles. The zero-order valence-corrected chi connectivity index (χ0v) is 21.0. The standard InChI is InChI=1S/C27H26Cl2N2O5/c1-2-3-21(27(34)35)31-22(16-4-8-19(28)9-5-16)24(18-6-10-20(29)11-7-18)36-25(26(31)33)23(32)17-12-14-30-15-13-17/h4-15,21-25,32H,2-3H2,1H3,(H,34,35)/t21?,22-,23?,24+,25+/m1/s1. The Labute approximate surface area is 219 Å². The summed E-state index contributed by atoms with van der Waals surface area (Å²) in [5.74, 6) is -1.73. The minimum Gasteiger partial charge on any atom is -0.480 e. The number of aliphatic hydroxyl groups excluding tert-OH is 1. The molecular weight excluding hydrogens is 503 g/mol. The molecule has 1 aromatic heterocycles. The van der Waals surface area contributed by atoms with Crippen LogP contribution in [0.1, 0.15) is 54.7 Å². The summed E-state index contributed by atoms with van der Waals surface area (Å²) in [4.78, 5) is 31.7. The van der Waals surface area contributed by atoms with E-state index < -0.39 is 42.3 Å². The molecule has 0 saturated carbocycles. The number of pyridine rings is 1. The van der Waals surface area contributed by atoms with Crippen LogP contribution in [0.4, 0.5) is 0 Å². The van der Waals surface area contributed by atoms with E-state index >= 15 is 0 Å². The van der Waals surface area contributed by atoms with Gasteiger partial charge < -0.3 is 19.8 Å². The van der Waals surface area contributed by atoms with Gasteiger partial charge in [-0.3, -0.25) is 9.78 Å². The van der Waals surface area contributed by atoms with E-state index in [-0.39, 0.29) is 6.42 Å². The van der Waals surface area contributed by atoms with Gasteiger partial charge in [-0.15, -0.1) is 0 Å². The second-order valence-corrected chi connectivity index (χ2v) is 9.51. The van der Waals surface area contributed by atoms with Crippen LogP contribution >= 0.6 is 23.2 Å². The predicted octanol–water partition coefficient (Wildman–Crippen LogP) is 5.39. The van der Waals surface area contributed by atoms with Gasteiger partial charge in [0.1, 0.15) is 18.2 Å². The number of benzene rings is 2. The largest absolute Gasteiger partial charge is 0.480 e. The van der Waals surface area contributed by atoms with E-state index in [1.165, 1.54) is 17.3 Å². The molecule has 2 N–H and O–H groups in total. The molecule has 188 valence electrons. The SMILES string of the molecule is CCCC(C(=O)O)N1C(=O)[C@H](C(O)c2ccncc2)O[C@@H](c2ccc(Cl)cc2)[C@H]1c1ccc(Cl)cc1. The number of carboxylic acid groups (broad SMARTS) is 1. The number of ether oxygens (including phenoxy) is 1. The number of hydrogen-bond acceptors (Lipinski definition) is 5. The first-order valence-corrected chi connectivity index (χ1v) is 12.4. The number of amides is 1. The van der Waals surface area contributed by atoms with Crippen molar-refractivity contribution in [3.05, 3.63) is 99.8 Å². The van der Waals surface area contributed by atoms with Gasteiger partial charge in [-0.05, 0) is 59.5 Å². The van der Waals surface area contributed by atoms with Gasteiger partial charge in [0, 0.05) is 22.4 Å². The Hall–Kier alpha value is -2.97. The molecule has 0 bridgehead atoms. The lowest BCUT2D eigenvalue weighted by molar-refractivity contribution is -0.197. The van der Waals surface area contributed by atoms with Gasteiger partial charge in [0.25, 0.3) is 5.91 Å². The molecular formula is C27H26Cl2N2O5. The van der Waals surface area contributed by atoms with Crippen LogP contribution in [0.2, 0.25) is 10.0 Å². The monoisotopic (exact) mass is 528 g/mol. The maximum atomic E-state index is 14.0. The lowest BCUT2D eigenvalue weighted by atomic mass is 9.88. The maximum absolute atomic E-state index is 14.0.